The van der Waals surface area contributed by atoms with Gasteiger partial charge in [0.2, 0.25) is 11.2 Å². The molecule has 6 nitrogen and oxygen atoms in total. The Morgan fingerprint density at radius 2 is 1.85 bits per heavy atom. The van der Waals surface area contributed by atoms with E-state index >= 15 is 0 Å². The van der Waals surface area contributed by atoms with E-state index in [1.165, 1.54) is 23.3 Å². The molecule has 1 saturated carbocycles. The number of thiophene rings is 1. The van der Waals surface area contributed by atoms with Gasteiger partial charge in [0.15, 0.2) is 0 Å². The highest BCUT2D eigenvalue weighted by Crippen LogP contribution is 2.39. The Morgan fingerprint density at radius 1 is 1.04 bits per heavy atom. The van der Waals surface area contributed by atoms with Crippen LogP contribution in [0.5, 0.6) is 5.88 Å². The SMILES string of the molecule is Clc1nc(OC2CCC(N3CCOCC3)CC2)c2c3c(sc2n1)COCC3. The quantitative estimate of drug-likeness (QED) is 0.724. The Kier molecular flexibility index (Phi) is 5.21. The third kappa shape index (κ3) is 3.68. The van der Waals surface area contributed by atoms with Gasteiger partial charge in [-0.05, 0) is 49.3 Å². The van der Waals surface area contributed by atoms with Gasteiger partial charge in [-0.15, -0.1) is 11.3 Å². The first-order chi connectivity index (χ1) is 13.3. The minimum atomic E-state index is 0.201. The van der Waals surface area contributed by atoms with Gasteiger partial charge in [-0.3, -0.25) is 4.90 Å². The zero-order valence-corrected chi connectivity index (χ0v) is 16.9. The lowest BCUT2D eigenvalue weighted by Crippen LogP contribution is -2.46. The molecule has 2 aromatic rings. The van der Waals surface area contributed by atoms with Gasteiger partial charge in [-0.2, -0.15) is 4.98 Å². The van der Waals surface area contributed by atoms with Crippen molar-refractivity contribution in [3.63, 3.8) is 0 Å². The Balaban J connectivity index is 1.32. The van der Waals surface area contributed by atoms with Gasteiger partial charge in [0.25, 0.3) is 0 Å². The van der Waals surface area contributed by atoms with Gasteiger partial charge in [0.1, 0.15) is 10.9 Å². The van der Waals surface area contributed by atoms with Gasteiger partial charge >= 0.3 is 0 Å². The van der Waals surface area contributed by atoms with Crippen molar-refractivity contribution in [1.82, 2.24) is 14.9 Å². The summed E-state index contributed by atoms with van der Waals surface area (Å²) in [5, 5.41) is 1.32. The smallest absolute Gasteiger partial charge is 0.227 e. The molecular formula is C19H24ClN3O3S. The number of aromatic nitrogens is 2. The van der Waals surface area contributed by atoms with E-state index in [-0.39, 0.29) is 11.4 Å². The lowest BCUT2D eigenvalue weighted by atomic mass is 9.91. The summed E-state index contributed by atoms with van der Waals surface area (Å²) in [4.78, 5) is 13.6. The number of hydrogen-bond donors (Lipinski definition) is 0. The van der Waals surface area contributed by atoms with Gasteiger partial charge in [0, 0.05) is 24.0 Å². The maximum atomic E-state index is 6.40. The maximum absolute atomic E-state index is 6.40. The molecule has 8 heteroatoms. The third-order valence-electron chi connectivity index (χ3n) is 5.89. The molecule has 1 aliphatic carbocycles. The molecule has 0 atom stereocenters. The first-order valence-corrected chi connectivity index (χ1v) is 11.0. The molecule has 0 aromatic carbocycles. The fourth-order valence-electron chi connectivity index (χ4n) is 4.48. The van der Waals surface area contributed by atoms with E-state index in [0.717, 1.165) is 62.4 Å². The largest absolute Gasteiger partial charge is 0.474 e. The summed E-state index contributed by atoms with van der Waals surface area (Å²) in [6.07, 6.45) is 5.54. The van der Waals surface area contributed by atoms with E-state index in [9.17, 15) is 0 Å². The van der Waals surface area contributed by atoms with E-state index in [4.69, 9.17) is 25.8 Å². The van der Waals surface area contributed by atoms with Crippen LogP contribution in [0.2, 0.25) is 5.28 Å². The van der Waals surface area contributed by atoms with Crippen LogP contribution in [0.1, 0.15) is 36.1 Å². The van der Waals surface area contributed by atoms with Crippen LogP contribution < -0.4 is 4.74 Å². The summed E-state index contributed by atoms with van der Waals surface area (Å²) in [6.45, 7) is 5.23. The third-order valence-corrected chi connectivity index (χ3v) is 7.16. The molecule has 4 heterocycles. The van der Waals surface area contributed by atoms with Crippen LogP contribution in [0.3, 0.4) is 0 Å². The van der Waals surface area contributed by atoms with E-state index in [0.29, 0.717) is 18.5 Å². The molecule has 27 heavy (non-hydrogen) atoms. The molecule has 0 amide bonds. The molecule has 0 unspecified atom stereocenters. The molecule has 0 radical (unpaired) electrons. The average Bonchev–Trinajstić information content (AvgIpc) is 3.07. The maximum Gasteiger partial charge on any atom is 0.227 e. The highest BCUT2D eigenvalue weighted by Gasteiger charge is 2.29. The number of nitrogens with zero attached hydrogens (tertiary/aromatic N) is 3. The summed E-state index contributed by atoms with van der Waals surface area (Å²) in [5.74, 6) is 0.666. The predicted molar refractivity (Wildman–Crippen MR) is 105 cm³/mol. The van der Waals surface area contributed by atoms with Crippen molar-refractivity contribution in [2.75, 3.05) is 32.9 Å². The minimum Gasteiger partial charge on any atom is -0.474 e. The first-order valence-electron chi connectivity index (χ1n) is 9.82. The molecule has 3 aliphatic rings. The first kappa shape index (κ1) is 18.1. The normalized spacial score (nSPS) is 26.9. The van der Waals surface area contributed by atoms with E-state index in [1.807, 2.05) is 0 Å². The van der Waals surface area contributed by atoms with E-state index in [2.05, 4.69) is 14.9 Å². The number of fused-ring (bicyclic) bond motifs is 3. The van der Waals surface area contributed by atoms with E-state index in [1.54, 1.807) is 11.3 Å². The van der Waals surface area contributed by atoms with Crippen molar-refractivity contribution in [3.8, 4) is 5.88 Å². The number of morpholine rings is 1. The highest BCUT2D eigenvalue weighted by molar-refractivity contribution is 7.18. The predicted octanol–water partition coefficient (Wildman–Crippen LogP) is 3.44. The van der Waals surface area contributed by atoms with Crippen molar-refractivity contribution < 1.29 is 14.2 Å². The minimum absolute atomic E-state index is 0.201. The van der Waals surface area contributed by atoms with Crippen LogP contribution >= 0.6 is 22.9 Å². The highest BCUT2D eigenvalue weighted by atomic mass is 35.5. The molecule has 0 spiro atoms. The summed E-state index contributed by atoms with van der Waals surface area (Å²) < 4.78 is 17.5. The lowest BCUT2D eigenvalue weighted by molar-refractivity contribution is -0.00126. The van der Waals surface area contributed by atoms with Crippen LogP contribution in [0.4, 0.5) is 0 Å². The van der Waals surface area contributed by atoms with Crippen LogP contribution in [0.15, 0.2) is 0 Å². The van der Waals surface area contributed by atoms with Crippen molar-refractivity contribution in [2.45, 2.75) is 50.9 Å². The molecule has 2 aliphatic heterocycles. The van der Waals surface area contributed by atoms with Gasteiger partial charge < -0.3 is 14.2 Å². The zero-order valence-electron chi connectivity index (χ0n) is 15.3. The van der Waals surface area contributed by atoms with Crippen molar-refractivity contribution in [3.05, 3.63) is 15.7 Å². The number of halogens is 1. The van der Waals surface area contributed by atoms with Gasteiger partial charge in [-0.25, -0.2) is 4.98 Å². The Morgan fingerprint density at radius 3 is 2.67 bits per heavy atom. The molecule has 2 fully saturated rings. The monoisotopic (exact) mass is 409 g/mol. The lowest BCUT2D eigenvalue weighted by Gasteiger charge is -2.38. The standard InChI is InChI=1S/C19H24ClN3O3S/c20-19-21-17(16-14-5-8-25-11-15(14)27-18(16)22-19)26-13-3-1-12(2-4-13)23-6-9-24-10-7-23/h12-13H,1-11H2. The number of hydrogen-bond acceptors (Lipinski definition) is 7. The van der Waals surface area contributed by atoms with Crippen molar-refractivity contribution in [2.24, 2.45) is 0 Å². The van der Waals surface area contributed by atoms with Crippen LogP contribution in [0, 0.1) is 0 Å². The zero-order chi connectivity index (χ0) is 18.2. The molecule has 0 bridgehead atoms. The van der Waals surface area contributed by atoms with Gasteiger partial charge in [0.05, 0.1) is 31.8 Å². The molecule has 146 valence electrons. The van der Waals surface area contributed by atoms with Gasteiger partial charge in [-0.1, -0.05) is 0 Å². The second-order valence-electron chi connectivity index (χ2n) is 7.48. The van der Waals surface area contributed by atoms with E-state index < -0.39 is 0 Å². The summed E-state index contributed by atoms with van der Waals surface area (Å²) in [7, 11) is 0. The summed E-state index contributed by atoms with van der Waals surface area (Å²) >= 11 is 7.83. The number of rotatable bonds is 3. The fraction of sp³-hybridized carbons (Fsp3) is 0.684. The van der Waals surface area contributed by atoms with Crippen LogP contribution in [-0.4, -0.2) is 59.9 Å². The summed E-state index contributed by atoms with van der Waals surface area (Å²) in [5.41, 5.74) is 1.29. The Hall–Kier alpha value is -0.990. The fourth-order valence-corrected chi connectivity index (χ4v) is 5.84. The molecule has 1 saturated heterocycles. The molecule has 0 N–H and O–H groups in total. The Bertz CT molecular complexity index is 816. The Labute approximate surface area is 167 Å². The van der Waals surface area contributed by atoms with Crippen molar-refractivity contribution >= 4 is 33.2 Å². The van der Waals surface area contributed by atoms with Crippen LogP contribution in [0.25, 0.3) is 10.2 Å². The second kappa shape index (κ2) is 7.79. The topological polar surface area (TPSA) is 56.7 Å². The molecule has 2 aromatic heterocycles. The average molecular weight is 410 g/mol. The summed E-state index contributed by atoms with van der Waals surface area (Å²) in [6, 6.07) is 0.661. The second-order valence-corrected chi connectivity index (χ2v) is 8.90. The van der Waals surface area contributed by atoms with Crippen molar-refractivity contribution in [1.29, 1.82) is 0 Å². The number of ether oxygens (including phenoxy) is 3. The van der Waals surface area contributed by atoms with Crippen LogP contribution in [-0.2, 0) is 22.5 Å². The molecular weight excluding hydrogens is 386 g/mol. The molecule has 5 rings (SSSR count).